The maximum absolute atomic E-state index is 12.6. The minimum atomic E-state index is -0.424. The molecule has 1 aliphatic heterocycles. The standard InChI is InChI=1S/C19H20N2O2.ClH/c20-14-8-9-15-12(10-14)5-3-6-16(15)21-19(22)18-11-13-4-1-2-7-17(13)23-18;/h1-2,4,7-10,16,18H,3,5-6,11,20H2,(H,21,22);1H. The number of nitrogen functional groups attached to an aromatic ring is 1. The van der Waals surface area contributed by atoms with Crippen LogP contribution in [0.25, 0.3) is 0 Å². The average Bonchev–Trinajstić information content (AvgIpc) is 2.99. The zero-order valence-electron chi connectivity index (χ0n) is 13.3. The van der Waals surface area contributed by atoms with Crippen molar-refractivity contribution in [2.75, 3.05) is 5.73 Å². The lowest BCUT2D eigenvalue weighted by Crippen LogP contribution is -2.40. The molecule has 1 heterocycles. The lowest BCUT2D eigenvalue weighted by molar-refractivity contribution is -0.128. The number of para-hydroxylation sites is 1. The molecule has 1 aliphatic carbocycles. The maximum atomic E-state index is 12.6. The second-order valence-corrected chi connectivity index (χ2v) is 6.33. The van der Waals surface area contributed by atoms with Gasteiger partial charge in [0.25, 0.3) is 5.91 Å². The summed E-state index contributed by atoms with van der Waals surface area (Å²) in [6.07, 6.45) is 3.27. The zero-order valence-corrected chi connectivity index (χ0v) is 14.1. The summed E-state index contributed by atoms with van der Waals surface area (Å²) in [5, 5.41) is 3.17. The fraction of sp³-hybridized carbons (Fsp3) is 0.316. The fourth-order valence-corrected chi connectivity index (χ4v) is 3.58. The second kappa shape index (κ2) is 6.73. The molecule has 0 spiro atoms. The van der Waals surface area contributed by atoms with Gasteiger partial charge in [-0.25, -0.2) is 0 Å². The van der Waals surface area contributed by atoms with Crippen molar-refractivity contribution >= 4 is 24.0 Å². The number of nitrogens with one attached hydrogen (secondary N) is 1. The Morgan fingerprint density at radius 1 is 1.17 bits per heavy atom. The predicted molar refractivity (Wildman–Crippen MR) is 96.5 cm³/mol. The van der Waals surface area contributed by atoms with Crippen LogP contribution in [0.4, 0.5) is 5.69 Å². The van der Waals surface area contributed by atoms with Gasteiger partial charge in [0.2, 0.25) is 0 Å². The Morgan fingerprint density at radius 2 is 2.00 bits per heavy atom. The third-order valence-corrected chi connectivity index (χ3v) is 4.74. The predicted octanol–water partition coefficient (Wildman–Crippen LogP) is 3.19. The summed E-state index contributed by atoms with van der Waals surface area (Å²) in [5.74, 6) is 0.792. The van der Waals surface area contributed by atoms with Crippen molar-refractivity contribution in [2.24, 2.45) is 0 Å². The number of hydrogen-bond donors (Lipinski definition) is 2. The van der Waals surface area contributed by atoms with E-state index in [1.54, 1.807) is 0 Å². The highest BCUT2D eigenvalue weighted by Crippen LogP contribution is 2.32. The van der Waals surface area contributed by atoms with E-state index in [2.05, 4.69) is 5.32 Å². The van der Waals surface area contributed by atoms with Crippen molar-refractivity contribution < 1.29 is 9.53 Å². The molecule has 2 aliphatic rings. The lowest BCUT2D eigenvalue weighted by Gasteiger charge is -2.27. The van der Waals surface area contributed by atoms with E-state index < -0.39 is 6.10 Å². The number of amides is 1. The van der Waals surface area contributed by atoms with Crippen LogP contribution in [0.3, 0.4) is 0 Å². The van der Waals surface area contributed by atoms with E-state index >= 15 is 0 Å². The van der Waals surface area contributed by atoms with Crippen molar-refractivity contribution in [3.8, 4) is 5.75 Å². The first kappa shape index (κ1) is 16.7. The van der Waals surface area contributed by atoms with Crippen LogP contribution in [-0.4, -0.2) is 12.0 Å². The number of hydrogen-bond acceptors (Lipinski definition) is 3. The zero-order chi connectivity index (χ0) is 15.8. The molecule has 0 bridgehead atoms. The summed E-state index contributed by atoms with van der Waals surface area (Å²) in [7, 11) is 0. The van der Waals surface area contributed by atoms with Crippen LogP contribution in [0.15, 0.2) is 42.5 Å². The molecular weight excluding hydrogens is 324 g/mol. The first-order valence-corrected chi connectivity index (χ1v) is 8.14. The van der Waals surface area contributed by atoms with Gasteiger partial charge in [0, 0.05) is 12.1 Å². The molecule has 2 aromatic carbocycles. The Bertz CT molecular complexity index is 738. The van der Waals surface area contributed by atoms with Crippen LogP contribution in [-0.2, 0) is 17.6 Å². The topological polar surface area (TPSA) is 64.3 Å². The number of fused-ring (bicyclic) bond motifs is 2. The Labute approximate surface area is 147 Å². The minimum absolute atomic E-state index is 0. The summed E-state index contributed by atoms with van der Waals surface area (Å²) in [6, 6.07) is 13.9. The first-order chi connectivity index (χ1) is 11.2. The number of halogens is 1. The summed E-state index contributed by atoms with van der Waals surface area (Å²) < 4.78 is 5.79. The molecule has 2 unspecified atom stereocenters. The first-order valence-electron chi connectivity index (χ1n) is 8.14. The number of carbonyl (C=O) groups excluding carboxylic acids is 1. The molecule has 0 aromatic heterocycles. The van der Waals surface area contributed by atoms with Crippen molar-refractivity contribution in [1.82, 2.24) is 5.32 Å². The van der Waals surface area contributed by atoms with Crippen molar-refractivity contribution in [3.63, 3.8) is 0 Å². The maximum Gasteiger partial charge on any atom is 0.261 e. The average molecular weight is 345 g/mol. The van der Waals surface area contributed by atoms with Gasteiger partial charge in [-0.1, -0.05) is 24.3 Å². The lowest BCUT2D eigenvalue weighted by atomic mass is 9.87. The van der Waals surface area contributed by atoms with Gasteiger partial charge < -0.3 is 15.8 Å². The van der Waals surface area contributed by atoms with E-state index in [-0.39, 0.29) is 24.4 Å². The number of benzene rings is 2. The molecule has 5 heteroatoms. The molecule has 0 saturated carbocycles. The Hall–Kier alpha value is -2.20. The van der Waals surface area contributed by atoms with E-state index in [0.29, 0.717) is 6.42 Å². The van der Waals surface area contributed by atoms with Gasteiger partial charge >= 0.3 is 0 Å². The molecule has 1 amide bonds. The molecule has 4 rings (SSSR count). The molecule has 126 valence electrons. The summed E-state index contributed by atoms with van der Waals surface area (Å²) >= 11 is 0. The van der Waals surface area contributed by atoms with Gasteiger partial charge in [-0.05, 0) is 54.2 Å². The van der Waals surface area contributed by atoms with Crippen LogP contribution in [0.1, 0.15) is 35.6 Å². The molecule has 24 heavy (non-hydrogen) atoms. The molecule has 3 N–H and O–H groups in total. The van der Waals surface area contributed by atoms with Crippen molar-refractivity contribution in [1.29, 1.82) is 0 Å². The third kappa shape index (κ3) is 3.06. The van der Waals surface area contributed by atoms with Gasteiger partial charge in [0.1, 0.15) is 5.75 Å². The smallest absolute Gasteiger partial charge is 0.261 e. The summed E-state index contributed by atoms with van der Waals surface area (Å²) in [5.41, 5.74) is 10.2. The highest BCUT2D eigenvalue weighted by Gasteiger charge is 2.31. The second-order valence-electron chi connectivity index (χ2n) is 6.33. The van der Waals surface area contributed by atoms with Crippen molar-refractivity contribution in [3.05, 3.63) is 59.2 Å². The molecule has 2 atom stereocenters. The van der Waals surface area contributed by atoms with E-state index in [1.165, 1.54) is 11.1 Å². The van der Waals surface area contributed by atoms with Crippen LogP contribution in [0.5, 0.6) is 5.75 Å². The van der Waals surface area contributed by atoms with Gasteiger partial charge in [-0.2, -0.15) is 0 Å². The number of anilines is 1. The van der Waals surface area contributed by atoms with Crippen LogP contribution < -0.4 is 15.8 Å². The highest BCUT2D eigenvalue weighted by atomic mass is 35.5. The van der Waals surface area contributed by atoms with Crippen molar-refractivity contribution in [2.45, 2.75) is 37.8 Å². The van der Waals surface area contributed by atoms with E-state index in [4.69, 9.17) is 10.5 Å². The molecule has 0 saturated heterocycles. The van der Waals surface area contributed by atoms with E-state index in [1.807, 2.05) is 42.5 Å². The number of ether oxygens (including phenoxy) is 1. The van der Waals surface area contributed by atoms with Gasteiger partial charge in [0.15, 0.2) is 6.10 Å². The Morgan fingerprint density at radius 3 is 2.83 bits per heavy atom. The molecule has 4 nitrogen and oxygen atoms in total. The number of aryl methyl sites for hydroxylation is 1. The largest absolute Gasteiger partial charge is 0.480 e. The highest BCUT2D eigenvalue weighted by molar-refractivity contribution is 5.85. The van der Waals surface area contributed by atoms with Gasteiger partial charge in [-0.15, -0.1) is 12.4 Å². The monoisotopic (exact) mass is 344 g/mol. The quantitative estimate of drug-likeness (QED) is 0.822. The number of nitrogens with two attached hydrogens (primary N) is 1. The van der Waals surface area contributed by atoms with Gasteiger partial charge in [-0.3, -0.25) is 4.79 Å². The minimum Gasteiger partial charge on any atom is -0.480 e. The van der Waals surface area contributed by atoms with Gasteiger partial charge in [0.05, 0.1) is 6.04 Å². The van der Waals surface area contributed by atoms with Crippen LogP contribution in [0, 0.1) is 0 Å². The fourth-order valence-electron chi connectivity index (χ4n) is 3.58. The van der Waals surface area contributed by atoms with E-state index in [9.17, 15) is 4.79 Å². The van der Waals surface area contributed by atoms with Crippen LogP contribution in [0.2, 0.25) is 0 Å². The summed E-state index contributed by atoms with van der Waals surface area (Å²) in [6.45, 7) is 0. The molecule has 0 fully saturated rings. The normalized spacial score (nSPS) is 21.0. The molecular formula is C19H21ClN2O2. The van der Waals surface area contributed by atoms with Crippen LogP contribution >= 0.6 is 12.4 Å². The Balaban J connectivity index is 0.00000169. The summed E-state index contributed by atoms with van der Waals surface area (Å²) in [4.78, 5) is 12.6. The van der Waals surface area contributed by atoms with E-state index in [0.717, 1.165) is 36.3 Å². The Kier molecular flexibility index (Phi) is 4.67. The SMILES string of the molecule is Cl.Nc1ccc2c(c1)CCCC2NC(=O)C1Cc2ccccc2O1. The number of rotatable bonds is 2. The molecule has 0 radical (unpaired) electrons. The third-order valence-electron chi connectivity index (χ3n) is 4.74. The molecule has 2 aromatic rings. The number of carbonyl (C=O) groups is 1.